The van der Waals surface area contributed by atoms with Gasteiger partial charge in [-0.2, -0.15) is 0 Å². The van der Waals surface area contributed by atoms with E-state index in [2.05, 4.69) is 10.3 Å². The van der Waals surface area contributed by atoms with Crippen molar-refractivity contribution in [2.24, 2.45) is 0 Å². The van der Waals surface area contributed by atoms with Crippen LogP contribution in [-0.2, 0) is 11.2 Å². The third kappa shape index (κ3) is 3.22. The van der Waals surface area contributed by atoms with Gasteiger partial charge < -0.3 is 5.32 Å². The Hall–Kier alpha value is -1.58. The molecule has 18 heavy (non-hydrogen) atoms. The molecule has 0 aliphatic rings. The molecule has 1 amide bonds. The molecule has 0 saturated carbocycles. The highest BCUT2D eigenvalue weighted by Crippen LogP contribution is 2.29. The Kier molecular flexibility index (Phi) is 4.18. The smallest absolute Gasteiger partial charge is 0.230 e. The first-order valence-corrected chi connectivity index (χ1v) is 6.06. The number of halogens is 2. The zero-order valence-electron chi connectivity index (χ0n) is 9.36. The van der Waals surface area contributed by atoms with Crippen LogP contribution >= 0.6 is 23.2 Å². The molecular formula is C13H10Cl2N2O. The van der Waals surface area contributed by atoms with Crippen molar-refractivity contribution in [1.82, 2.24) is 4.98 Å². The molecular weight excluding hydrogens is 271 g/mol. The van der Waals surface area contributed by atoms with Crippen LogP contribution in [0, 0.1) is 0 Å². The first-order chi connectivity index (χ1) is 8.66. The van der Waals surface area contributed by atoms with E-state index in [1.165, 1.54) is 0 Å². The molecule has 0 aliphatic carbocycles. The summed E-state index contributed by atoms with van der Waals surface area (Å²) in [5, 5.41) is 3.45. The Morgan fingerprint density at radius 3 is 2.72 bits per heavy atom. The third-order valence-corrected chi connectivity index (χ3v) is 3.11. The lowest BCUT2D eigenvalue weighted by Crippen LogP contribution is -2.15. The molecule has 0 aliphatic heterocycles. The van der Waals surface area contributed by atoms with Crippen LogP contribution in [0.15, 0.2) is 42.6 Å². The van der Waals surface area contributed by atoms with Crippen LogP contribution in [0.1, 0.15) is 5.69 Å². The van der Waals surface area contributed by atoms with Gasteiger partial charge in [0.2, 0.25) is 5.91 Å². The number of anilines is 1. The number of carbonyl (C=O) groups is 1. The number of carbonyl (C=O) groups excluding carboxylic acids is 1. The molecule has 0 saturated heterocycles. The van der Waals surface area contributed by atoms with Crippen LogP contribution in [0.25, 0.3) is 0 Å². The van der Waals surface area contributed by atoms with Crippen LogP contribution < -0.4 is 5.32 Å². The predicted octanol–water partition coefficient (Wildman–Crippen LogP) is 3.57. The summed E-state index contributed by atoms with van der Waals surface area (Å²) in [5.74, 6) is -0.183. The summed E-state index contributed by atoms with van der Waals surface area (Å²) in [7, 11) is 0. The first-order valence-electron chi connectivity index (χ1n) is 5.30. The van der Waals surface area contributed by atoms with Gasteiger partial charge in [0.15, 0.2) is 0 Å². The molecule has 0 atom stereocenters. The molecule has 0 unspecified atom stereocenters. The summed E-state index contributed by atoms with van der Waals surface area (Å²) in [6, 6.07) is 10.5. The minimum Gasteiger partial charge on any atom is -0.324 e. The van der Waals surface area contributed by atoms with Gasteiger partial charge in [-0.3, -0.25) is 9.78 Å². The highest BCUT2D eigenvalue weighted by atomic mass is 35.5. The molecule has 0 spiro atoms. The lowest BCUT2D eigenvalue weighted by atomic mass is 10.2. The number of aromatic nitrogens is 1. The van der Waals surface area contributed by atoms with Gasteiger partial charge in [0.1, 0.15) is 0 Å². The Labute approximate surface area is 115 Å². The minimum absolute atomic E-state index is 0.183. The van der Waals surface area contributed by atoms with Gasteiger partial charge in [-0.15, -0.1) is 0 Å². The van der Waals surface area contributed by atoms with Crippen molar-refractivity contribution in [1.29, 1.82) is 0 Å². The van der Waals surface area contributed by atoms with Crippen molar-refractivity contribution in [2.75, 3.05) is 5.32 Å². The molecule has 1 N–H and O–H groups in total. The SMILES string of the molecule is O=C(Cc1ccccn1)Nc1cccc(Cl)c1Cl. The monoisotopic (exact) mass is 280 g/mol. The Morgan fingerprint density at radius 2 is 2.00 bits per heavy atom. The second-order valence-electron chi connectivity index (χ2n) is 3.65. The zero-order chi connectivity index (χ0) is 13.0. The lowest BCUT2D eigenvalue weighted by molar-refractivity contribution is -0.115. The summed E-state index contributed by atoms with van der Waals surface area (Å²) in [6.45, 7) is 0. The van der Waals surface area contributed by atoms with Crippen molar-refractivity contribution < 1.29 is 4.79 Å². The van der Waals surface area contributed by atoms with Gasteiger partial charge in [0.25, 0.3) is 0 Å². The third-order valence-electron chi connectivity index (χ3n) is 2.29. The number of nitrogens with one attached hydrogen (secondary N) is 1. The Bertz CT molecular complexity index is 558. The Morgan fingerprint density at radius 1 is 1.17 bits per heavy atom. The highest BCUT2D eigenvalue weighted by Gasteiger charge is 2.09. The van der Waals surface area contributed by atoms with Crippen LogP contribution in [0.4, 0.5) is 5.69 Å². The largest absolute Gasteiger partial charge is 0.324 e. The van der Waals surface area contributed by atoms with E-state index in [1.807, 2.05) is 6.07 Å². The van der Waals surface area contributed by atoms with Gasteiger partial charge in [-0.25, -0.2) is 0 Å². The second kappa shape index (κ2) is 5.85. The van der Waals surface area contributed by atoms with Crippen molar-refractivity contribution in [3.05, 3.63) is 58.3 Å². The normalized spacial score (nSPS) is 10.1. The van der Waals surface area contributed by atoms with E-state index in [1.54, 1.807) is 36.5 Å². The van der Waals surface area contributed by atoms with E-state index in [0.29, 0.717) is 21.4 Å². The van der Waals surface area contributed by atoms with Crippen LogP contribution in [-0.4, -0.2) is 10.9 Å². The molecule has 1 aromatic heterocycles. The molecule has 3 nitrogen and oxygen atoms in total. The molecule has 5 heteroatoms. The fraction of sp³-hybridized carbons (Fsp3) is 0.0769. The van der Waals surface area contributed by atoms with Crippen molar-refractivity contribution in [3.63, 3.8) is 0 Å². The quantitative estimate of drug-likeness (QED) is 0.934. The molecule has 92 valence electrons. The topological polar surface area (TPSA) is 42.0 Å². The van der Waals surface area contributed by atoms with Gasteiger partial charge in [0, 0.05) is 11.9 Å². The van der Waals surface area contributed by atoms with E-state index in [4.69, 9.17) is 23.2 Å². The second-order valence-corrected chi connectivity index (χ2v) is 4.43. The number of hydrogen-bond donors (Lipinski definition) is 1. The number of rotatable bonds is 3. The van der Waals surface area contributed by atoms with Crippen molar-refractivity contribution in [3.8, 4) is 0 Å². The summed E-state index contributed by atoms with van der Waals surface area (Å²) in [6.07, 6.45) is 1.85. The standard InChI is InChI=1S/C13H10Cl2N2O/c14-10-5-3-6-11(13(10)15)17-12(18)8-9-4-1-2-7-16-9/h1-7H,8H2,(H,17,18). The number of pyridine rings is 1. The van der Waals surface area contributed by atoms with E-state index in [9.17, 15) is 4.79 Å². The fourth-order valence-corrected chi connectivity index (χ4v) is 1.81. The molecule has 1 aromatic carbocycles. The molecule has 0 radical (unpaired) electrons. The van der Waals surface area contributed by atoms with E-state index in [0.717, 1.165) is 0 Å². The van der Waals surface area contributed by atoms with Gasteiger partial charge >= 0.3 is 0 Å². The lowest BCUT2D eigenvalue weighted by Gasteiger charge is -2.07. The summed E-state index contributed by atoms with van der Waals surface area (Å²) in [4.78, 5) is 15.9. The summed E-state index contributed by atoms with van der Waals surface area (Å²) >= 11 is 11.8. The van der Waals surface area contributed by atoms with Crippen molar-refractivity contribution >= 4 is 34.8 Å². The average Bonchev–Trinajstić information content (AvgIpc) is 2.36. The molecule has 1 heterocycles. The average molecular weight is 281 g/mol. The van der Waals surface area contributed by atoms with Crippen molar-refractivity contribution in [2.45, 2.75) is 6.42 Å². The number of amides is 1. The number of benzene rings is 1. The molecule has 0 fully saturated rings. The van der Waals surface area contributed by atoms with Gasteiger partial charge in [-0.1, -0.05) is 35.3 Å². The van der Waals surface area contributed by atoms with E-state index >= 15 is 0 Å². The molecule has 2 rings (SSSR count). The minimum atomic E-state index is -0.183. The maximum Gasteiger partial charge on any atom is 0.230 e. The molecule has 0 bridgehead atoms. The maximum atomic E-state index is 11.8. The Balaban J connectivity index is 2.06. The maximum absolute atomic E-state index is 11.8. The van der Waals surface area contributed by atoms with Crippen LogP contribution in [0.5, 0.6) is 0 Å². The van der Waals surface area contributed by atoms with Crippen LogP contribution in [0.2, 0.25) is 10.0 Å². The molecule has 2 aromatic rings. The first kappa shape index (κ1) is 12.9. The zero-order valence-corrected chi connectivity index (χ0v) is 10.9. The van der Waals surface area contributed by atoms with Gasteiger partial charge in [0.05, 0.1) is 22.2 Å². The highest BCUT2D eigenvalue weighted by molar-refractivity contribution is 6.43. The number of hydrogen-bond acceptors (Lipinski definition) is 2. The van der Waals surface area contributed by atoms with Crippen LogP contribution in [0.3, 0.4) is 0 Å². The predicted molar refractivity (Wildman–Crippen MR) is 73.0 cm³/mol. The summed E-state index contributed by atoms with van der Waals surface area (Å²) < 4.78 is 0. The van der Waals surface area contributed by atoms with E-state index in [-0.39, 0.29) is 12.3 Å². The summed E-state index contributed by atoms with van der Waals surface area (Å²) in [5.41, 5.74) is 1.21. The van der Waals surface area contributed by atoms with E-state index < -0.39 is 0 Å². The fourth-order valence-electron chi connectivity index (χ4n) is 1.46. The number of nitrogens with zero attached hydrogens (tertiary/aromatic N) is 1. The van der Waals surface area contributed by atoms with Gasteiger partial charge in [-0.05, 0) is 24.3 Å².